The number of benzene rings is 4. The van der Waals surface area contributed by atoms with Crippen molar-refractivity contribution < 1.29 is 37.5 Å². The number of ether oxygens (including phenoxy) is 4. The minimum atomic E-state index is -3.68. The number of alkyl halides is 1. The van der Waals surface area contributed by atoms with E-state index in [1.54, 1.807) is 44.6 Å². The summed E-state index contributed by atoms with van der Waals surface area (Å²) in [5, 5.41) is 12.5. The molecule has 2 aromatic heterocycles. The average Bonchev–Trinajstić information content (AvgIpc) is 3.87. The molecule has 3 heterocycles. The number of nitrogens with zero attached hydrogens (tertiary/aromatic N) is 6. The molecule has 4 aromatic carbocycles. The van der Waals surface area contributed by atoms with Crippen molar-refractivity contribution in [2.24, 2.45) is 0 Å². The molecule has 1 unspecified atom stereocenters. The second kappa shape index (κ2) is 19.7. The number of fused-ring (bicyclic) bond motifs is 1. The van der Waals surface area contributed by atoms with Crippen LogP contribution in [0, 0.1) is 11.3 Å². The molecular weight excluding hydrogens is 825 g/mol. The van der Waals surface area contributed by atoms with Crippen LogP contribution in [0.25, 0.3) is 11.2 Å². The number of hydrogen-bond donors (Lipinski definition) is 2. The first kappa shape index (κ1) is 45.2. The lowest BCUT2D eigenvalue weighted by molar-refractivity contribution is -0.0922. The van der Waals surface area contributed by atoms with Gasteiger partial charge < -0.3 is 24.3 Å². The van der Waals surface area contributed by atoms with Crippen LogP contribution in [0.5, 0.6) is 11.5 Å². The van der Waals surface area contributed by atoms with Gasteiger partial charge in [0, 0.05) is 17.6 Å². The van der Waals surface area contributed by atoms with Crippen LogP contribution < -0.4 is 14.8 Å². The number of methoxy groups -OCH3 is 2. The molecule has 5 atom stereocenters. The van der Waals surface area contributed by atoms with Crippen molar-refractivity contribution in [1.29, 1.82) is 5.26 Å². The Morgan fingerprint density at radius 1 is 0.889 bits per heavy atom. The van der Waals surface area contributed by atoms with Crippen LogP contribution in [-0.2, 0) is 19.6 Å². The van der Waals surface area contributed by atoms with Gasteiger partial charge in [0.15, 0.2) is 35.5 Å². The molecule has 7 rings (SSSR count). The van der Waals surface area contributed by atoms with Crippen LogP contribution in [0.2, 0.25) is 0 Å². The zero-order chi connectivity index (χ0) is 44.7. The molecule has 0 radical (unpaired) electrons. The van der Waals surface area contributed by atoms with Crippen molar-refractivity contribution >= 4 is 30.8 Å². The van der Waals surface area contributed by atoms with E-state index in [9.17, 15) is 14.9 Å². The number of carbonyl (C=O) groups excluding carboxylic acids is 1. The lowest BCUT2D eigenvalue weighted by atomic mass is 9.80. The molecule has 6 aromatic rings. The van der Waals surface area contributed by atoms with Gasteiger partial charge in [-0.2, -0.15) is 9.79 Å². The van der Waals surface area contributed by atoms with Crippen LogP contribution in [-0.4, -0.2) is 92.4 Å². The van der Waals surface area contributed by atoms with E-state index in [0.29, 0.717) is 17.1 Å². The van der Waals surface area contributed by atoms with E-state index in [0.717, 1.165) is 16.7 Å². The number of nitrogens with one attached hydrogen (secondary N) is 1. The largest absolute Gasteiger partial charge is 0.497 e. The van der Waals surface area contributed by atoms with Crippen molar-refractivity contribution in [2.45, 2.75) is 76.4 Å². The minimum Gasteiger partial charge on any atom is -0.497 e. The number of aromatic nitrogens is 4. The quantitative estimate of drug-likeness (QED) is 0.0626. The Morgan fingerprint density at radius 3 is 2.02 bits per heavy atom. The van der Waals surface area contributed by atoms with Gasteiger partial charge in [-0.1, -0.05) is 72.8 Å². The van der Waals surface area contributed by atoms with Crippen LogP contribution in [0.1, 0.15) is 67.4 Å². The Morgan fingerprint density at radius 2 is 1.46 bits per heavy atom. The maximum Gasteiger partial charge on any atom is 0.347 e. The summed E-state index contributed by atoms with van der Waals surface area (Å²) < 4.78 is 52.7. The highest BCUT2D eigenvalue weighted by molar-refractivity contribution is 7.63. The van der Waals surface area contributed by atoms with Gasteiger partial charge in [-0.25, -0.2) is 24.2 Å². The van der Waals surface area contributed by atoms with E-state index >= 15 is 4.39 Å². The smallest absolute Gasteiger partial charge is 0.347 e. The molecule has 14 nitrogen and oxygen atoms in total. The summed E-state index contributed by atoms with van der Waals surface area (Å²) in [5.41, 5.74) is 1.78. The summed E-state index contributed by atoms with van der Waals surface area (Å²) in [6.07, 6.45) is -3.28. The zero-order valence-corrected chi connectivity index (χ0v) is 36.9. The lowest BCUT2D eigenvalue weighted by Crippen LogP contribution is -2.44. The number of rotatable bonds is 18. The Labute approximate surface area is 367 Å². The third-order valence-corrected chi connectivity index (χ3v) is 14.1. The predicted molar refractivity (Wildman–Crippen MR) is 238 cm³/mol. The fourth-order valence-corrected chi connectivity index (χ4v) is 11.2. The molecule has 16 heteroatoms. The first-order chi connectivity index (χ1) is 30.4. The fourth-order valence-electron chi connectivity index (χ4n) is 8.29. The second-order valence-corrected chi connectivity index (χ2v) is 18.1. The average molecular weight is 877 g/mol. The Balaban J connectivity index is 1.33. The molecule has 1 amide bonds. The predicted octanol–water partition coefficient (Wildman–Crippen LogP) is 8.51. The summed E-state index contributed by atoms with van der Waals surface area (Å²) in [7, 11) is -0.493. The number of anilines is 1. The highest BCUT2D eigenvalue weighted by Crippen LogP contribution is 2.64. The van der Waals surface area contributed by atoms with Gasteiger partial charge >= 0.3 is 7.87 Å². The van der Waals surface area contributed by atoms with Crippen molar-refractivity contribution in [3.63, 3.8) is 0 Å². The van der Waals surface area contributed by atoms with Crippen molar-refractivity contribution in [1.82, 2.24) is 24.2 Å². The van der Waals surface area contributed by atoms with E-state index in [1.165, 1.54) is 17.2 Å². The van der Waals surface area contributed by atoms with Crippen LogP contribution in [0.3, 0.4) is 0 Å². The van der Waals surface area contributed by atoms with E-state index < -0.39 is 44.0 Å². The van der Waals surface area contributed by atoms with E-state index in [1.807, 2.05) is 111 Å². The summed E-state index contributed by atoms with van der Waals surface area (Å²) in [6, 6.07) is 35.1. The van der Waals surface area contributed by atoms with Gasteiger partial charge in [0.2, 0.25) is 0 Å². The van der Waals surface area contributed by atoms with Crippen molar-refractivity contribution in [3.05, 3.63) is 144 Å². The molecule has 63 heavy (non-hydrogen) atoms. The van der Waals surface area contributed by atoms with Gasteiger partial charge in [0.1, 0.15) is 35.7 Å². The number of carbonyl (C=O) groups is 1. The first-order valence-corrected chi connectivity index (χ1v) is 22.5. The normalized spacial score (nSPS) is 18.7. The molecule has 328 valence electrons. The third-order valence-electron chi connectivity index (χ3n) is 11.0. The molecule has 1 aliphatic heterocycles. The topological polar surface area (TPSA) is 166 Å². The van der Waals surface area contributed by atoms with E-state index in [-0.39, 0.29) is 48.3 Å². The number of hydrogen-bond acceptors (Lipinski definition) is 12. The van der Waals surface area contributed by atoms with Crippen LogP contribution in [0.15, 0.2) is 122 Å². The minimum absolute atomic E-state index is 0.0258. The molecule has 0 aliphatic carbocycles. The maximum atomic E-state index is 17.7. The number of imidazole rings is 1. The number of halogens is 1. The lowest BCUT2D eigenvalue weighted by Gasteiger charge is -2.38. The Bertz CT molecular complexity index is 2430. The molecule has 2 N–H and O–H groups in total. The van der Waals surface area contributed by atoms with Crippen molar-refractivity contribution in [2.75, 3.05) is 32.3 Å². The zero-order valence-electron chi connectivity index (χ0n) is 36.0. The maximum absolute atomic E-state index is 17.7. The van der Waals surface area contributed by atoms with Gasteiger partial charge in [-0.05, 0) is 80.8 Å². The van der Waals surface area contributed by atoms with Gasteiger partial charge in [-0.3, -0.25) is 9.36 Å². The molecule has 1 saturated heterocycles. The summed E-state index contributed by atoms with van der Waals surface area (Å²) >= 11 is 0. The van der Waals surface area contributed by atoms with E-state index in [2.05, 4.69) is 26.3 Å². The summed E-state index contributed by atoms with van der Waals surface area (Å²) in [6.45, 7) is 7.45. The summed E-state index contributed by atoms with van der Waals surface area (Å²) in [4.78, 5) is 39.0. The molecule has 0 saturated carbocycles. The summed E-state index contributed by atoms with van der Waals surface area (Å²) in [5.74, 6) is 1.01. The van der Waals surface area contributed by atoms with Crippen LogP contribution in [0.4, 0.5) is 10.2 Å². The molecule has 0 spiro atoms. The van der Waals surface area contributed by atoms with Crippen LogP contribution >= 0.6 is 7.87 Å². The highest BCUT2D eigenvalue weighted by Gasteiger charge is 2.58. The van der Waals surface area contributed by atoms with Gasteiger partial charge in [0.25, 0.3) is 5.91 Å². The Kier molecular flexibility index (Phi) is 14.1. The first-order valence-electron chi connectivity index (χ1n) is 20.7. The standard InChI is InChI=1S/C47H51FN7O7P/c1-31(2)55(32(3)4)63(57,27-13-26-49)62-42-39(61-46(40(42)48)54-30-52-41-43(50-29-51-44(41)54)53-45(56)33-14-9-7-10-15-33)28-60-47(34-16-11-8-12-17-34,35-18-22-37(58-5)23-19-35)36-20-24-38(59-6)25-21-36/h7-12,14-25,29-32,39-40,42,46,57H,13,27-28H2,1-6H3/p+1/t39-,40-,42-,46-,63?/m1/s1. The molecule has 1 aliphatic rings. The van der Waals surface area contributed by atoms with Crippen molar-refractivity contribution in [3.8, 4) is 17.6 Å². The van der Waals surface area contributed by atoms with Gasteiger partial charge in [-0.15, -0.1) is 4.67 Å². The monoisotopic (exact) mass is 876 g/mol. The fraction of sp³-hybridized carbons (Fsp3) is 0.340. The molecule has 0 bridgehead atoms. The third kappa shape index (κ3) is 9.29. The SMILES string of the molecule is COc1ccc(C(OC[C@H]2O[C@@H](n3cnc4c(NC(=O)c5ccccc5)ncnc43)[C@H](F)[C@@H]2O[P+](O)(CCC#N)N(C(C)C)C(C)C)(c2ccccc2)c2ccc(OC)cc2)cc1. The highest BCUT2D eigenvalue weighted by atomic mass is 31.2. The Hall–Kier alpha value is -5.85. The van der Waals surface area contributed by atoms with Gasteiger partial charge in [0.05, 0.1) is 39.6 Å². The van der Waals surface area contributed by atoms with E-state index in [4.69, 9.17) is 23.5 Å². The molecule has 1 fully saturated rings. The molecular formula is C47H52FN7O7P+. The number of amides is 1. The number of nitriles is 1. The second-order valence-electron chi connectivity index (χ2n) is 15.6.